The molecule has 0 unspecified atom stereocenters. The van der Waals surface area contributed by atoms with Gasteiger partial charge in [0.25, 0.3) is 0 Å². The molecule has 4 aliphatic rings. The van der Waals surface area contributed by atoms with Crippen LogP contribution in [0.1, 0.15) is 107 Å². The maximum atomic E-state index is 12.5. The molecule has 0 bridgehead atoms. The summed E-state index contributed by atoms with van der Waals surface area (Å²) in [6.07, 6.45) is 11.4. The minimum atomic E-state index is -0.387. The number of fused-ring (bicyclic) bond motifs is 5. The van der Waals surface area contributed by atoms with Gasteiger partial charge in [0.1, 0.15) is 6.10 Å². The number of hydrogen-bond donors (Lipinski definition) is 1. The smallest absolute Gasteiger partial charge is 0.303 e. The Morgan fingerprint density at radius 2 is 1.73 bits per heavy atom. The zero-order chi connectivity index (χ0) is 27.6. The average Bonchev–Trinajstić information content (AvgIpc) is 3.06. The molecule has 4 nitrogen and oxygen atoms in total. The fourth-order valence-corrected chi connectivity index (χ4v) is 10.2. The van der Waals surface area contributed by atoms with E-state index in [1.54, 1.807) is 0 Å². The van der Waals surface area contributed by atoms with Crippen LogP contribution in [-0.2, 0) is 14.3 Å². The third-order valence-corrected chi connectivity index (χ3v) is 12.0. The Bertz CT molecular complexity index is 944. The Labute approximate surface area is 226 Å². The fraction of sp³-hybridized carbons (Fsp3) is 0.848. The number of hydrogen-bond acceptors (Lipinski definition) is 4. The van der Waals surface area contributed by atoms with Gasteiger partial charge < -0.3 is 14.6 Å². The Hall–Kier alpha value is -1.13. The van der Waals surface area contributed by atoms with Crippen molar-refractivity contribution < 1.29 is 19.4 Å². The molecule has 0 aromatic rings. The molecule has 0 spiro atoms. The van der Waals surface area contributed by atoms with Crippen LogP contribution in [0, 0.1) is 45.8 Å². The molecule has 1 N–H and O–H groups in total. The van der Waals surface area contributed by atoms with Crippen LogP contribution in [0.3, 0.4) is 0 Å². The second kappa shape index (κ2) is 9.81. The third-order valence-electron chi connectivity index (χ3n) is 12.0. The topological polar surface area (TPSA) is 55.8 Å². The molecule has 0 heterocycles. The van der Waals surface area contributed by atoms with Crippen molar-refractivity contribution in [2.75, 3.05) is 7.11 Å². The van der Waals surface area contributed by atoms with E-state index in [-0.39, 0.29) is 51.9 Å². The van der Waals surface area contributed by atoms with Gasteiger partial charge in [-0.05, 0) is 93.5 Å². The summed E-state index contributed by atoms with van der Waals surface area (Å²) in [5, 5.41) is 11.0. The number of allylic oxidation sites excluding steroid dienone is 2. The van der Waals surface area contributed by atoms with E-state index in [4.69, 9.17) is 9.47 Å². The summed E-state index contributed by atoms with van der Waals surface area (Å²) in [5.41, 5.74) is 2.08. The van der Waals surface area contributed by atoms with E-state index in [9.17, 15) is 9.90 Å². The molecule has 210 valence electrons. The predicted octanol–water partition coefficient (Wildman–Crippen LogP) is 7.50. The first-order valence-electron chi connectivity index (χ1n) is 14.9. The van der Waals surface area contributed by atoms with Gasteiger partial charge in [-0.2, -0.15) is 0 Å². The molecule has 4 heteroatoms. The van der Waals surface area contributed by atoms with E-state index >= 15 is 0 Å². The summed E-state index contributed by atoms with van der Waals surface area (Å²) in [7, 11) is 1.89. The van der Waals surface area contributed by atoms with E-state index in [2.05, 4.69) is 67.5 Å². The maximum Gasteiger partial charge on any atom is 0.303 e. The molecule has 0 amide bonds. The van der Waals surface area contributed by atoms with E-state index in [0.29, 0.717) is 17.8 Å². The van der Waals surface area contributed by atoms with Gasteiger partial charge in [0.2, 0.25) is 0 Å². The molecule has 0 aromatic heterocycles. The molecule has 0 radical (unpaired) electrons. The number of esters is 1. The van der Waals surface area contributed by atoms with Crippen molar-refractivity contribution in [3.63, 3.8) is 0 Å². The number of carbonyl (C=O) groups excluding carboxylic acids is 1. The van der Waals surface area contributed by atoms with Crippen LogP contribution in [-0.4, -0.2) is 36.0 Å². The van der Waals surface area contributed by atoms with E-state index in [1.165, 1.54) is 30.9 Å². The van der Waals surface area contributed by atoms with Crippen molar-refractivity contribution in [3.05, 3.63) is 23.3 Å². The lowest BCUT2D eigenvalue weighted by Crippen LogP contribution is -2.68. The quantitative estimate of drug-likeness (QED) is 0.294. The number of ether oxygens (including phenoxy) is 2. The first kappa shape index (κ1) is 28.9. The summed E-state index contributed by atoms with van der Waals surface area (Å²) in [4.78, 5) is 12.5. The second-order valence-electron chi connectivity index (χ2n) is 14.6. The van der Waals surface area contributed by atoms with Crippen LogP contribution in [0.25, 0.3) is 0 Å². The molecule has 3 fully saturated rings. The van der Waals surface area contributed by atoms with Gasteiger partial charge in [-0.3, -0.25) is 4.79 Å². The highest BCUT2D eigenvalue weighted by molar-refractivity contribution is 5.66. The monoisotopic (exact) mass is 514 g/mol. The number of rotatable bonds is 6. The van der Waals surface area contributed by atoms with Crippen LogP contribution in [0.2, 0.25) is 0 Å². The van der Waals surface area contributed by atoms with Gasteiger partial charge >= 0.3 is 5.97 Å². The third kappa shape index (κ3) is 4.37. The summed E-state index contributed by atoms with van der Waals surface area (Å²) in [5.74, 6) is 2.00. The van der Waals surface area contributed by atoms with Crippen LogP contribution < -0.4 is 0 Å². The minimum Gasteiger partial charge on any atom is -0.458 e. The van der Waals surface area contributed by atoms with Crippen LogP contribution in [0.15, 0.2) is 23.3 Å². The first-order valence-corrected chi connectivity index (χ1v) is 14.9. The highest BCUT2D eigenvalue weighted by Crippen LogP contribution is 2.73. The summed E-state index contributed by atoms with van der Waals surface area (Å²) in [6.45, 7) is 20.1. The number of methoxy groups -OCH3 is 1. The van der Waals surface area contributed by atoms with Crippen molar-refractivity contribution in [2.24, 2.45) is 45.8 Å². The average molecular weight is 515 g/mol. The highest BCUT2D eigenvalue weighted by atomic mass is 16.5. The lowest BCUT2D eigenvalue weighted by Gasteiger charge is -2.67. The lowest BCUT2D eigenvalue weighted by atomic mass is 9.41. The summed E-state index contributed by atoms with van der Waals surface area (Å²) >= 11 is 0. The van der Waals surface area contributed by atoms with Crippen molar-refractivity contribution >= 4 is 5.97 Å². The van der Waals surface area contributed by atoms with Gasteiger partial charge in [0.15, 0.2) is 0 Å². The fourth-order valence-electron chi connectivity index (χ4n) is 10.2. The van der Waals surface area contributed by atoms with E-state index in [1.807, 2.05) is 7.11 Å². The number of aliphatic hydroxyl groups excluding tert-OH is 1. The maximum absolute atomic E-state index is 12.5. The minimum absolute atomic E-state index is 0.00227. The van der Waals surface area contributed by atoms with Gasteiger partial charge in [-0.25, -0.2) is 0 Å². The predicted molar refractivity (Wildman–Crippen MR) is 150 cm³/mol. The number of aliphatic hydroxyl groups is 1. The molecular weight excluding hydrogens is 460 g/mol. The molecule has 10 atom stereocenters. The Morgan fingerprint density at radius 1 is 1.05 bits per heavy atom. The number of carbonyl (C=O) groups is 1. The van der Waals surface area contributed by atoms with Crippen molar-refractivity contribution in [3.8, 4) is 0 Å². The Morgan fingerprint density at radius 3 is 2.32 bits per heavy atom. The normalized spacial score (nSPS) is 44.0. The van der Waals surface area contributed by atoms with Gasteiger partial charge in [0, 0.05) is 31.3 Å². The SMILES string of the molecule is CO[C@@]12CC[C@]3(C)[C@@H]([C@H](C)C[C@@H](C)C=C(C)C)CC[C@@]3(C)[C@@H]1[C@@H](OC(C)=O)C=C1[C@H]2CC[C@H](O)C1(C)C. The van der Waals surface area contributed by atoms with Crippen LogP contribution >= 0.6 is 0 Å². The summed E-state index contributed by atoms with van der Waals surface area (Å²) < 4.78 is 12.9. The molecule has 4 rings (SSSR count). The van der Waals surface area contributed by atoms with E-state index < -0.39 is 0 Å². The van der Waals surface area contributed by atoms with Crippen molar-refractivity contribution in [1.29, 1.82) is 0 Å². The molecular formula is C33H54O4. The van der Waals surface area contributed by atoms with Crippen LogP contribution in [0.5, 0.6) is 0 Å². The lowest BCUT2D eigenvalue weighted by molar-refractivity contribution is -0.240. The molecule has 0 aromatic carbocycles. The second-order valence-corrected chi connectivity index (χ2v) is 14.6. The van der Waals surface area contributed by atoms with Crippen LogP contribution in [0.4, 0.5) is 0 Å². The molecule has 0 saturated heterocycles. The highest BCUT2D eigenvalue weighted by Gasteiger charge is 2.71. The molecule has 3 saturated carbocycles. The molecule has 0 aliphatic heterocycles. The zero-order valence-corrected chi connectivity index (χ0v) is 25.3. The van der Waals surface area contributed by atoms with Crippen molar-refractivity contribution in [1.82, 2.24) is 0 Å². The first-order chi connectivity index (χ1) is 17.1. The van der Waals surface area contributed by atoms with E-state index in [0.717, 1.165) is 32.1 Å². The molecule has 37 heavy (non-hydrogen) atoms. The van der Waals surface area contributed by atoms with Crippen molar-refractivity contribution in [2.45, 2.75) is 125 Å². The standard InChI is InChI=1S/C33H54O4/c1-20(2)17-21(3)18-22(4)24-13-14-32(9)29-27(37-23(5)34)19-26-25(11-12-28(35)30(26,6)7)33(29,36-10)16-15-31(24,32)8/h17,19,21-22,24-25,27-29,35H,11-16,18H2,1-10H3/t21-,22+,24+,25+,27-,28-,29-,31+,32-,33+/m0/s1. The van der Waals surface area contributed by atoms with Gasteiger partial charge in [0.05, 0.1) is 11.7 Å². The Balaban J connectivity index is 1.78. The molecule has 4 aliphatic carbocycles. The Kier molecular flexibility index (Phi) is 7.65. The summed E-state index contributed by atoms with van der Waals surface area (Å²) in [6, 6.07) is 0. The van der Waals surface area contributed by atoms with Gasteiger partial charge in [-0.1, -0.05) is 58.8 Å². The van der Waals surface area contributed by atoms with Gasteiger partial charge in [-0.15, -0.1) is 0 Å². The largest absolute Gasteiger partial charge is 0.458 e. The zero-order valence-electron chi connectivity index (χ0n) is 25.3.